The predicted octanol–water partition coefficient (Wildman–Crippen LogP) is 1.80. The van der Waals surface area contributed by atoms with E-state index in [4.69, 9.17) is 16.3 Å². The van der Waals surface area contributed by atoms with Crippen LogP contribution in [0.5, 0.6) is 0 Å². The highest BCUT2D eigenvalue weighted by molar-refractivity contribution is 6.19. The molecule has 1 aliphatic heterocycles. The third kappa shape index (κ3) is 4.91. The number of imide groups is 1. The van der Waals surface area contributed by atoms with Crippen LogP contribution in [0.1, 0.15) is 6.42 Å². The lowest BCUT2D eigenvalue weighted by Crippen LogP contribution is -2.36. The Kier molecular flexibility index (Phi) is 5.83. The number of carbonyl (C=O) groups is 2. The zero-order valence-electron chi connectivity index (χ0n) is 11.6. The molecule has 3 amide bonds. The molecule has 114 valence electrons. The van der Waals surface area contributed by atoms with E-state index in [0.717, 1.165) is 32.0 Å². The molecule has 0 aliphatic carbocycles. The second-order valence-corrected chi connectivity index (χ2v) is 4.97. The molecular weight excluding hydrogens is 294 g/mol. The highest BCUT2D eigenvalue weighted by atomic mass is 35.5. The van der Waals surface area contributed by atoms with Crippen LogP contribution < -0.4 is 15.5 Å². The number of alkyl halides is 1. The standard InChI is InChI=1S/C14H18ClN3O3/c15-6-5-13(19)17-14(20)16-11-1-3-12(4-2-11)18-7-9-21-10-8-18/h1-4H,5-10H2,(H2,16,17,19,20). The molecule has 2 rings (SSSR count). The Morgan fingerprint density at radius 1 is 1.19 bits per heavy atom. The van der Waals surface area contributed by atoms with E-state index in [-0.39, 0.29) is 12.3 Å². The number of nitrogens with zero attached hydrogens (tertiary/aromatic N) is 1. The highest BCUT2D eigenvalue weighted by Crippen LogP contribution is 2.18. The fourth-order valence-electron chi connectivity index (χ4n) is 2.01. The van der Waals surface area contributed by atoms with Crippen molar-refractivity contribution < 1.29 is 14.3 Å². The lowest BCUT2D eigenvalue weighted by molar-refractivity contribution is -0.119. The van der Waals surface area contributed by atoms with Crippen molar-refractivity contribution >= 4 is 34.9 Å². The molecule has 0 aromatic heterocycles. The van der Waals surface area contributed by atoms with Gasteiger partial charge in [0.15, 0.2) is 0 Å². The van der Waals surface area contributed by atoms with Crippen LogP contribution in [0.15, 0.2) is 24.3 Å². The molecule has 21 heavy (non-hydrogen) atoms. The van der Waals surface area contributed by atoms with Gasteiger partial charge < -0.3 is 15.0 Å². The van der Waals surface area contributed by atoms with Gasteiger partial charge in [-0.2, -0.15) is 0 Å². The first-order valence-electron chi connectivity index (χ1n) is 6.78. The average Bonchev–Trinajstić information content (AvgIpc) is 2.49. The molecule has 6 nitrogen and oxygen atoms in total. The van der Waals surface area contributed by atoms with Crippen LogP contribution in [0.2, 0.25) is 0 Å². The van der Waals surface area contributed by atoms with Crippen molar-refractivity contribution in [3.05, 3.63) is 24.3 Å². The van der Waals surface area contributed by atoms with Gasteiger partial charge in [-0.15, -0.1) is 11.6 Å². The van der Waals surface area contributed by atoms with Gasteiger partial charge >= 0.3 is 6.03 Å². The number of carbonyl (C=O) groups excluding carboxylic acids is 2. The summed E-state index contributed by atoms with van der Waals surface area (Å²) in [6.07, 6.45) is 0.116. The summed E-state index contributed by atoms with van der Waals surface area (Å²) in [4.78, 5) is 25.0. The molecule has 7 heteroatoms. The first-order valence-corrected chi connectivity index (χ1v) is 7.32. The van der Waals surface area contributed by atoms with Crippen LogP contribution in [0, 0.1) is 0 Å². The average molecular weight is 312 g/mol. The lowest BCUT2D eigenvalue weighted by atomic mass is 10.2. The molecule has 0 unspecified atom stereocenters. The Morgan fingerprint density at radius 3 is 2.48 bits per heavy atom. The molecule has 1 aromatic rings. The van der Waals surface area contributed by atoms with Crippen molar-refractivity contribution in [2.24, 2.45) is 0 Å². The Bertz CT molecular complexity index is 487. The normalized spacial score (nSPS) is 14.6. The van der Waals surface area contributed by atoms with Gasteiger partial charge in [-0.1, -0.05) is 0 Å². The second-order valence-electron chi connectivity index (χ2n) is 4.59. The molecular formula is C14H18ClN3O3. The van der Waals surface area contributed by atoms with E-state index in [0.29, 0.717) is 5.69 Å². The minimum absolute atomic E-state index is 0.116. The van der Waals surface area contributed by atoms with E-state index in [1.54, 1.807) is 12.1 Å². The van der Waals surface area contributed by atoms with E-state index >= 15 is 0 Å². The lowest BCUT2D eigenvalue weighted by Gasteiger charge is -2.28. The van der Waals surface area contributed by atoms with Crippen LogP contribution in [0.4, 0.5) is 16.2 Å². The molecule has 0 atom stereocenters. The summed E-state index contributed by atoms with van der Waals surface area (Å²) in [5.74, 6) is -0.208. The molecule has 0 radical (unpaired) electrons. The molecule has 1 aliphatic rings. The van der Waals surface area contributed by atoms with Gasteiger partial charge in [0, 0.05) is 36.8 Å². The number of urea groups is 1. The third-order valence-electron chi connectivity index (χ3n) is 3.08. The maximum atomic E-state index is 11.6. The molecule has 1 saturated heterocycles. The van der Waals surface area contributed by atoms with Crippen LogP contribution in [0.25, 0.3) is 0 Å². The Labute approximate surface area is 128 Å². The van der Waals surface area contributed by atoms with E-state index in [1.807, 2.05) is 12.1 Å². The zero-order chi connectivity index (χ0) is 15.1. The SMILES string of the molecule is O=C(CCCl)NC(=O)Nc1ccc(N2CCOCC2)cc1. The molecule has 0 spiro atoms. The quantitative estimate of drug-likeness (QED) is 0.832. The summed E-state index contributed by atoms with van der Waals surface area (Å²) in [5, 5.41) is 4.81. The van der Waals surface area contributed by atoms with Crippen LogP contribution in [-0.4, -0.2) is 44.1 Å². The monoisotopic (exact) mass is 311 g/mol. The van der Waals surface area contributed by atoms with Crippen molar-refractivity contribution in [2.45, 2.75) is 6.42 Å². The van der Waals surface area contributed by atoms with Gasteiger partial charge in [-0.05, 0) is 24.3 Å². The number of hydrogen-bond donors (Lipinski definition) is 2. The van der Waals surface area contributed by atoms with Gasteiger partial charge in [0.1, 0.15) is 0 Å². The number of ether oxygens (including phenoxy) is 1. The van der Waals surface area contributed by atoms with Gasteiger partial charge in [-0.3, -0.25) is 10.1 Å². The van der Waals surface area contributed by atoms with Crippen LogP contribution in [0.3, 0.4) is 0 Å². The minimum Gasteiger partial charge on any atom is -0.378 e. The van der Waals surface area contributed by atoms with Crippen molar-refractivity contribution in [1.29, 1.82) is 0 Å². The largest absolute Gasteiger partial charge is 0.378 e. The van der Waals surface area contributed by atoms with E-state index in [1.165, 1.54) is 0 Å². The Hall–Kier alpha value is -1.79. The van der Waals surface area contributed by atoms with Crippen LogP contribution >= 0.6 is 11.6 Å². The summed E-state index contributed by atoms with van der Waals surface area (Å²) in [7, 11) is 0. The highest BCUT2D eigenvalue weighted by Gasteiger charge is 2.11. The zero-order valence-corrected chi connectivity index (χ0v) is 12.4. The van der Waals surface area contributed by atoms with Crippen molar-refractivity contribution in [1.82, 2.24) is 5.32 Å². The second kappa shape index (κ2) is 7.85. The van der Waals surface area contributed by atoms with Gasteiger partial charge in [0.2, 0.25) is 5.91 Å². The van der Waals surface area contributed by atoms with E-state index in [9.17, 15) is 9.59 Å². The summed E-state index contributed by atoms with van der Waals surface area (Å²) in [6.45, 7) is 3.18. The summed E-state index contributed by atoms with van der Waals surface area (Å²) in [5.41, 5.74) is 1.71. The van der Waals surface area contributed by atoms with Gasteiger partial charge in [-0.25, -0.2) is 4.79 Å². The van der Waals surface area contributed by atoms with Crippen molar-refractivity contribution in [2.75, 3.05) is 42.4 Å². The molecule has 2 N–H and O–H groups in total. The number of morpholine rings is 1. The van der Waals surface area contributed by atoms with E-state index < -0.39 is 11.9 Å². The number of amides is 3. The smallest absolute Gasteiger partial charge is 0.325 e. The predicted molar refractivity (Wildman–Crippen MR) is 82.0 cm³/mol. The Morgan fingerprint density at radius 2 is 1.86 bits per heavy atom. The molecule has 0 bridgehead atoms. The number of benzene rings is 1. The topological polar surface area (TPSA) is 70.7 Å². The summed E-state index contributed by atoms with van der Waals surface area (Å²) < 4.78 is 5.31. The van der Waals surface area contributed by atoms with Gasteiger partial charge in [0.05, 0.1) is 13.2 Å². The van der Waals surface area contributed by atoms with Gasteiger partial charge in [0.25, 0.3) is 0 Å². The molecule has 1 aromatic carbocycles. The maximum absolute atomic E-state index is 11.6. The fraction of sp³-hybridized carbons (Fsp3) is 0.429. The number of hydrogen-bond acceptors (Lipinski definition) is 4. The first kappa shape index (κ1) is 15.6. The number of nitrogens with one attached hydrogen (secondary N) is 2. The maximum Gasteiger partial charge on any atom is 0.325 e. The molecule has 1 heterocycles. The molecule has 0 saturated carbocycles. The molecule has 1 fully saturated rings. The first-order chi connectivity index (χ1) is 10.2. The number of anilines is 2. The minimum atomic E-state index is -0.552. The van der Waals surface area contributed by atoms with Crippen LogP contribution in [-0.2, 0) is 9.53 Å². The summed E-state index contributed by atoms with van der Waals surface area (Å²) in [6, 6.07) is 6.92. The third-order valence-corrected chi connectivity index (χ3v) is 3.26. The van der Waals surface area contributed by atoms with Crippen molar-refractivity contribution in [3.63, 3.8) is 0 Å². The van der Waals surface area contributed by atoms with E-state index in [2.05, 4.69) is 15.5 Å². The summed E-state index contributed by atoms with van der Waals surface area (Å²) >= 11 is 5.43. The number of halogens is 1. The van der Waals surface area contributed by atoms with Crippen molar-refractivity contribution in [3.8, 4) is 0 Å². The fourth-order valence-corrected chi connectivity index (χ4v) is 2.19. The Balaban J connectivity index is 1.87. The number of rotatable bonds is 4.